The van der Waals surface area contributed by atoms with Gasteiger partial charge in [0.2, 0.25) is 0 Å². The van der Waals surface area contributed by atoms with Gasteiger partial charge in [-0.05, 0) is 121 Å². The van der Waals surface area contributed by atoms with Crippen molar-refractivity contribution >= 4 is 64.6 Å². The van der Waals surface area contributed by atoms with Crippen LogP contribution in [0.15, 0.2) is 158 Å². The summed E-state index contributed by atoms with van der Waals surface area (Å²) in [7, 11) is 0. The van der Waals surface area contributed by atoms with Crippen molar-refractivity contribution in [2.75, 3.05) is 0 Å². The van der Waals surface area contributed by atoms with Crippen molar-refractivity contribution in [2.45, 2.75) is 19.3 Å². The van der Waals surface area contributed by atoms with Gasteiger partial charge in [-0.25, -0.2) is 0 Å². The van der Waals surface area contributed by atoms with Gasteiger partial charge in [0.1, 0.15) is 0 Å². The molecule has 0 radical (unpaired) electrons. The van der Waals surface area contributed by atoms with E-state index in [1.54, 1.807) is 0 Å². The van der Waals surface area contributed by atoms with Crippen LogP contribution in [0, 0.1) is 0 Å². The van der Waals surface area contributed by atoms with Gasteiger partial charge in [0.25, 0.3) is 0 Å². The summed E-state index contributed by atoms with van der Waals surface area (Å²) in [6, 6.07) is 59.3. The molecule has 0 unspecified atom stereocenters. The van der Waals surface area contributed by atoms with Crippen LogP contribution in [0.2, 0.25) is 0 Å². The summed E-state index contributed by atoms with van der Waals surface area (Å²) in [5.41, 5.74) is 10.6. The van der Waals surface area contributed by atoms with E-state index in [-0.39, 0.29) is 5.41 Å². The average Bonchev–Trinajstić information content (AvgIpc) is 3.40. The lowest BCUT2D eigenvalue weighted by atomic mass is 9.78. The van der Waals surface area contributed by atoms with Crippen molar-refractivity contribution in [1.82, 2.24) is 0 Å². The molecule has 0 aliphatic heterocycles. The molecule has 0 bridgehead atoms. The predicted molar refractivity (Wildman–Crippen MR) is 211 cm³/mol. The minimum atomic E-state index is -0.118. The third kappa shape index (κ3) is 3.58. The molecule has 49 heavy (non-hydrogen) atoms. The first-order valence-corrected chi connectivity index (χ1v) is 17.4. The van der Waals surface area contributed by atoms with Gasteiger partial charge in [-0.1, -0.05) is 159 Å². The van der Waals surface area contributed by atoms with Crippen LogP contribution in [-0.2, 0) is 5.41 Å². The SMILES string of the molecule is CC1(C)c2ccc3ccccc3c2-c2c1c1ccc(-c3cccc(-c4ccc5ccc6cccc7ccc4c5c67)c3)cc1c1ccccc21. The molecule has 1 aliphatic rings. The Morgan fingerprint density at radius 2 is 0.959 bits per heavy atom. The molecule has 0 aromatic heterocycles. The zero-order valence-electron chi connectivity index (χ0n) is 27.5. The molecule has 0 saturated carbocycles. The molecule has 11 rings (SSSR count). The zero-order chi connectivity index (χ0) is 32.4. The lowest BCUT2D eigenvalue weighted by Crippen LogP contribution is -2.15. The fourth-order valence-corrected chi connectivity index (χ4v) is 9.33. The molecular weight excluding hydrogens is 589 g/mol. The van der Waals surface area contributed by atoms with E-state index in [1.165, 1.54) is 109 Å². The van der Waals surface area contributed by atoms with Crippen LogP contribution in [0.1, 0.15) is 25.0 Å². The van der Waals surface area contributed by atoms with Gasteiger partial charge in [0, 0.05) is 5.41 Å². The van der Waals surface area contributed by atoms with Gasteiger partial charge in [0.05, 0.1) is 0 Å². The highest BCUT2D eigenvalue weighted by Gasteiger charge is 2.39. The third-order valence-electron chi connectivity index (χ3n) is 11.5. The molecule has 0 heterocycles. The Balaban J connectivity index is 1.13. The van der Waals surface area contributed by atoms with Crippen molar-refractivity contribution in [2.24, 2.45) is 0 Å². The highest BCUT2D eigenvalue weighted by Crippen LogP contribution is 2.56. The van der Waals surface area contributed by atoms with Crippen molar-refractivity contribution in [3.05, 3.63) is 169 Å². The summed E-state index contributed by atoms with van der Waals surface area (Å²) in [6.45, 7) is 4.82. The molecule has 0 amide bonds. The number of fused-ring (bicyclic) bond motifs is 10. The minimum Gasteiger partial charge on any atom is -0.0616 e. The Morgan fingerprint density at radius 1 is 0.347 bits per heavy atom. The van der Waals surface area contributed by atoms with E-state index in [0.717, 1.165) is 0 Å². The quantitative estimate of drug-likeness (QED) is 0.169. The summed E-state index contributed by atoms with van der Waals surface area (Å²) in [4.78, 5) is 0. The Bertz CT molecular complexity index is 2990. The Kier molecular flexibility index (Phi) is 5.27. The van der Waals surface area contributed by atoms with Gasteiger partial charge >= 0.3 is 0 Å². The molecule has 10 aromatic carbocycles. The third-order valence-corrected chi connectivity index (χ3v) is 11.5. The van der Waals surface area contributed by atoms with Gasteiger partial charge in [0.15, 0.2) is 0 Å². The van der Waals surface area contributed by atoms with E-state index < -0.39 is 0 Å². The summed E-state index contributed by atoms with van der Waals surface area (Å²) < 4.78 is 0. The maximum Gasteiger partial charge on any atom is 0.0165 e. The molecule has 228 valence electrons. The molecule has 0 fully saturated rings. The van der Waals surface area contributed by atoms with Gasteiger partial charge in [-0.15, -0.1) is 0 Å². The molecule has 1 aliphatic carbocycles. The lowest BCUT2D eigenvalue weighted by molar-refractivity contribution is 0.667. The molecule has 0 nitrogen and oxygen atoms in total. The minimum absolute atomic E-state index is 0.118. The first-order chi connectivity index (χ1) is 24.1. The monoisotopic (exact) mass is 620 g/mol. The zero-order valence-corrected chi connectivity index (χ0v) is 27.5. The average molecular weight is 621 g/mol. The predicted octanol–water partition coefficient (Wildman–Crippen LogP) is 13.7. The number of rotatable bonds is 2. The number of benzene rings is 10. The van der Waals surface area contributed by atoms with Crippen LogP contribution in [0.3, 0.4) is 0 Å². The molecule has 0 atom stereocenters. The first-order valence-electron chi connectivity index (χ1n) is 17.4. The van der Waals surface area contributed by atoms with Crippen LogP contribution in [0.4, 0.5) is 0 Å². The van der Waals surface area contributed by atoms with Crippen molar-refractivity contribution in [3.63, 3.8) is 0 Å². The second kappa shape index (κ2) is 9.56. The topological polar surface area (TPSA) is 0 Å². The summed E-state index contributed by atoms with van der Waals surface area (Å²) in [6.07, 6.45) is 0. The van der Waals surface area contributed by atoms with Crippen LogP contribution in [0.5, 0.6) is 0 Å². The lowest BCUT2D eigenvalue weighted by Gasteiger charge is -2.24. The first kappa shape index (κ1) is 27.0. The van der Waals surface area contributed by atoms with Crippen LogP contribution in [-0.4, -0.2) is 0 Å². The summed E-state index contributed by atoms with van der Waals surface area (Å²) >= 11 is 0. The van der Waals surface area contributed by atoms with E-state index >= 15 is 0 Å². The molecule has 0 N–H and O–H groups in total. The Hall–Kier alpha value is -5.98. The molecule has 0 spiro atoms. The fourth-order valence-electron chi connectivity index (χ4n) is 9.33. The van der Waals surface area contributed by atoms with Crippen LogP contribution in [0.25, 0.3) is 98.0 Å². The Labute approximate surface area is 285 Å². The summed E-state index contributed by atoms with van der Waals surface area (Å²) in [5.74, 6) is 0. The van der Waals surface area contributed by atoms with E-state index in [2.05, 4.69) is 172 Å². The fraction of sp³-hybridized carbons (Fsp3) is 0.0612. The van der Waals surface area contributed by atoms with Gasteiger partial charge in [-0.3, -0.25) is 0 Å². The van der Waals surface area contributed by atoms with E-state index in [1.807, 2.05) is 0 Å². The molecule has 0 saturated heterocycles. The second-order valence-electron chi connectivity index (χ2n) is 14.4. The van der Waals surface area contributed by atoms with Crippen molar-refractivity contribution in [1.29, 1.82) is 0 Å². The van der Waals surface area contributed by atoms with E-state index in [9.17, 15) is 0 Å². The number of hydrogen-bond acceptors (Lipinski definition) is 0. The van der Waals surface area contributed by atoms with E-state index in [4.69, 9.17) is 0 Å². The van der Waals surface area contributed by atoms with Crippen LogP contribution >= 0.6 is 0 Å². The van der Waals surface area contributed by atoms with Gasteiger partial charge in [-0.2, -0.15) is 0 Å². The largest absolute Gasteiger partial charge is 0.0616 e. The summed E-state index contributed by atoms with van der Waals surface area (Å²) in [5, 5.41) is 15.9. The highest BCUT2D eigenvalue weighted by molar-refractivity contribution is 6.26. The number of hydrogen-bond donors (Lipinski definition) is 0. The standard InChI is InChI=1S/C49H32/c1-49(2)43-26-22-29-9-3-4-14-37(29)46(43)47-39-16-6-5-15-38(39)42-28-34(21-25-41(42)48(47)49)33-12-8-13-35(27-33)36-23-19-32-18-17-30-10-7-11-31-20-24-40(36)45(32)44(30)31/h3-28H,1-2H3. The molecule has 0 heteroatoms. The van der Waals surface area contributed by atoms with Crippen LogP contribution < -0.4 is 0 Å². The highest BCUT2D eigenvalue weighted by atomic mass is 14.4. The smallest absolute Gasteiger partial charge is 0.0165 e. The van der Waals surface area contributed by atoms with Gasteiger partial charge < -0.3 is 0 Å². The molecular formula is C49H32. The van der Waals surface area contributed by atoms with E-state index in [0.29, 0.717) is 0 Å². The van der Waals surface area contributed by atoms with Crippen molar-refractivity contribution in [3.8, 4) is 33.4 Å². The maximum atomic E-state index is 2.44. The second-order valence-corrected chi connectivity index (χ2v) is 14.4. The van der Waals surface area contributed by atoms with Crippen molar-refractivity contribution < 1.29 is 0 Å². The normalized spacial score (nSPS) is 13.7. The molecule has 10 aromatic rings. The maximum absolute atomic E-state index is 2.44. The Morgan fingerprint density at radius 3 is 1.82 bits per heavy atom.